The Morgan fingerprint density at radius 2 is 1.60 bits per heavy atom. The number of rotatable bonds is 7. The largest absolute Gasteiger partial charge is 0.480 e. The third kappa shape index (κ3) is 5.66. The summed E-state index contributed by atoms with van der Waals surface area (Å²) in [6.07, 6.45) is 2.11. The first-order valence-electron chi connectivity index (χ1n) is 12.3. The van der Waals surface area contributed by atoms with Gasteiger partial charge in [-0.2, -0.15) is 0 Å². The molecule has 0 aromatic heterocycles. The number of carboxylic acids is 1. The van der Waals surface area contributed by atoms with E-state index in [1.54, 1.807) is 0 Å². The summed E-state index contributed by atoms with van der Waals surface area (Å²) in [7, 11) is 0. The Bertz CT molecular complexity index is 1060. The van der Waals surface area contributed by atoms with Crippen LogP contribution in [0, 0.1) is 5.92 Å². The lowest BCUT2D eigenvalue weighted by Crippen LogP contribution is -2.48. The molecule has 2 aromatic carbocycles. The summed E-state index contributed by atoms with van der Waals surface area (Å²) in [4.78, 5) is 38.0. The monoisotopic (exact) mass is 478 g/mol. The van der Waals surface area contributed by atoms with Gasteiger partial charge >= 0.3 is 12.1 Å². The minimum absolute atomic E-state index is 0.0136. The van der Waals surface area contributed by atoms with Crippen molar-refractivity contribution in [3.63, 3.8) is 0 Å². The molecule has 7 nitrogen and oxygen atoms in total. The minimum Gasteiger partial charge on any atom is -0.480 e. The lowest BCUT2D eigenvalue weighted by molar-refractivity contribution is -0.148. The number of aliphatic carboxylic acids is 1. The predicted octanol–water partition coefficient (Wildman–Crippen LogP) is 4.80. The van der Waals surface area contributed by atoms with Gasteiger partial charge in [0, 0.05) is 23.9 Å². The molecular weight excluding hydrogens is 444 g/mol. The van der Waals surface area contributed by atoms with Gasteiger partial charge in [0.25, 0.3) is 0 Å². The number of fused-ring (bicyclic) bond motifs is 3. The van der Waals surface area contributed by atoms with E-state index >= 15 is 0 Å². The Morgan fingerprint density at radius 3 is 2.17 bits per heavy atom. The van der Waals surface area contributed by atoms with Gasteiger partial charge in [0.2, 0.25) is 5.91 Å². The van der Waals surface area contributed by atoms with Gasteiger partial charge in [-0.3, -0.25) is 9.59 Å². The van der Waals surface area contributed by atoms with Crippen molar-refractivity contribution in [1.82, 2.24) is 10.2 Å². The van der Waals surface area contributed by atoms with Crippen LogP contribution in [0.1, 0.15) is 63.5 Å². The molecule has 1 fully saturated rings. The van der Waals surface area contributed by atoms with Crippen LogP contribution in [-0.2, 0) is 14.3 Å². The Morgan fingerprint density at radius 1 is 1.00 bits per heavy atom. The van der Waals surface area contributed by atoms with E-state index in [1.807, 2.05) is 45.0 Å². The highest BCUT2D eigenvalue weighted by atomic mass is 16.5. The highest BCUT2D eigenvalue weighted by Crippen LogP contribution is 2.44. The average Bonchev–Trinajstić information content (AvgIpc) is 3.37. The molecule has 7 heteroatoms. The zero-order valence-electron chi connectivity index (χ0n) is 20.6. The van der Waals surface area contributed by atoms with Crippen LogP contribution in [0.4, 0.5) is 4.79 Å². The number of nitrogens with zero attached hydrogens (tertiary/aromatic N) is 1. The summed E-state index contributed by atoms with van der Waals surface area (Å²) in [5.74, 6) is -1.05. The second-order valence-corrected chi connectivity index (χ2v) is 10.6. The van der Waals surface area contributed by atoms with E-state index in [0.29, 0.717) is 6.42 Å². The number of benzene rings is 2. The third-order valence-corrected chi connectivity index (χ3v) is 7.07. The molecule has 4 rings (SSSR count). The molecule has 0 unspecified atom stereocenters. The maximum atomic E-state index is 12.8. The van der Waals surface area contributed by atoms with Gasteiger partial charge in [-0.05, 0) is 68.2 Å². The highest BCUT2D eigenvalue weighted by Gasteiger charge is 2.34. The summed E-state index contributed by atoms with van der Waals surface area (Å²) < 4.78 is 5.65. The van der Waals surface area contributed by atoms with E-state index in [0.717, 1.165) is 12.8 Å². The standard InChI is InChI=1S/C28H34N2O5/c1-28(2,3)30(16-26(32)33)25(31)15-18-12-13-19(14-18)29-27(34)35-17-24-22-10-6-4-8-20(22)21-9-5-7-11-23(21)24/h4-11,18-19,24H,12-17H2,1-3H3,(H,29,34)(H,32,33)/t18-,19+/m0/s1. The van der Waals surface area contributed by atoms with Gasteiger partial charge in [-0.1, -0.05) is 48.5 Å². The van der Waals surface area contributed by atoms with E-state index < -0.39 is 17.6 Å². The fourth-order valence-corrected chi connectivity index (χ4v) is 5.39. The molecule has 186 valence electrons. The molecule has 0 aliphatic heterocycles. The number of hydrogen-bond donors (Lipinski definition) is 2. The average molecular weight is 479 g/mol. The van der Waals surface area contributed by atoms with Crippen molar-refractivity contribution in [3.05, 3.63) is 59.7 Å². The molecule has 2 atom stereocenters. The van der Waals surface area contributed by atoms with Gasteiger partial charge in [0.1, 0.15) is 13.2 Å². The number of carbonyl (C=O) groups is 3. The van der Waals surface area contributed by atoms with Gasteiger partial charge in [0.05, 0.1) is 0 Å². The Labute approximate surface area is 206 Å². The first kappa shape index (κ1) is 24.8. The zero-order valence-corrected chi connectivity index (χ0v) is 20.6. The fraction of sp³-hybridized carbons (Fsp3) is 0.464. The SMILES string of the molecule is CC(C)(C)N(CC(=O)O)C(=O)C[C@H]1CC[C@@H](NC(=O)OCC2c3ccccc3-c3ccccc32)C1. The zero-order chi connectivity index (χ0) is 25.2. The van der Waals surface area contributed by atoms with E-state index in [9.17, 15) is 19.5 Å². The Balaban J connectivity index is 1.29. The number of alkyl carbamates (subject to hydrolysis) is 1. The molecule has 0 bridgehead atoms. The van der Waals surface area contributed by atoms with E-state index in [4.69, 9.17) is 4.74 Å². The summed E-state index contributed by atoms with van der Waals surface area (Å²) in [6.45, 7) is 5.47. The number of hydrogen-bond acceptors (Lipinski definition) is 4. The molecule has 0 heterocycles. The van der Waals surface area contributed by atoms with Crippen LogP contribution in [0.3, 0.4) is 0 Å². The fourth-order valence-electron chi connectivity index (χ4n) is 5.39. The van der Waals surface area contributed by atoms with Crippen LogP contribution in [-0.4, -0.2) is 52.7 Å². The molecule has 2 aliphatic carbocycles. The molecule has 0 radical (unpaired) electrons. The van der Waals surface area contributed by atoms with Gasteiger partial charge in [-0.15, -0.1) is 0 Å². The first-order valence-corrected chi connectivity index (χ1v) is 12.3. The quantitative estimate of drug-likeness (QED) is 0.596. The van der Waals surface area contributed by atoms with Crippen LogP contribution < -0.4 is 5.32 Å². The molecule has 0 spiro atoms. The molecule has 2 amide bonds. The second kappa shape index (κ2) is 10.1. The predicted molar refractivity (Wildman–Crippen MR) is 133 cm³/mol. The Kier molecular flexibility index (Phi) is 7.15. The highest BCUT2D eigenvalue weighted by molar-refractivity contribution is 5.82. The molecule has 0 saturated heterocycles. The molecule has 2 N–H and O–H groups in total. The molecule has 2 aromatic rings. The number of nitrogens with one attached hydrogen (secondary N) is 1. The maximum absolute atomic E-state index is 12.8. The number of carboxylic acid groups (broad SMARTS) is 1. The number of carbonyl (C=O) groups excluding carboxylic acids is 2. The summed E-state index contributed by atoms with van der Waals surface area (Å²) in [5, 5.41) is 12.1. The number of amides is 2. The summed E-state index contributed by atoms with van der Waals surface area (Å²) >= 11 is 0. The van der Waals surface area contributed by atoms with Gasteiger partial charge < -0.3 is 20.1 Å². The lowest BCUT2D eigenvalue weighted by atomic mass is 9.98. The normalized spacial score (nSPS) is 19.1. The van der Waals surface area contributed by atoms with Crippen molar-refractivity contribution in [2.24, 2.45) is 5.92 Å². The van der Waals surface area contributed by atoms with Crippen LogP contribution in [0.25, 0.3) is 11.1 Å². The third-order valence-electron chi connectivity index (χ3n) is 7.07. The maximum Gasteiger partial charge on any atom is 0.407 e. The second-order valence-electron chi connectivity index (χ2n) is 10.6. The van der Waals surface area contributed by atoms with Crippen LogP contribution in [0.5, 0.6) is 0 Å². The van der Waals surface area contributed by atoms with Crippen LogP contribution >= 0.6 is 0 Å². The number of ether oxygens (including phenoxy) is 1. The Hall–Kier alpha value is -3.35. The topological polar surface area (TPSA) is 95.9 Å². The molecule has 35 heavy (non-hydrogen) atoms. The van der Waals surface area contributed by atoms with Gasteiger partial charge in [-0.25, -0.2) is 4.79 Å². The summed E-state index contributed by atoms with van der Waals surface area (Å²) in [6, 6.07) is 16.4. The smallest absolute Gasteiger partial charge is 0.407 e. The van der Waals surface area contributed by atoms with Gasteiger partial charge in [0.15, 0.2) is 0 Å². The van der Waals surface area contributed by atoms with E-state index in [-0.39, 0.29) is 43.4 Å². The van der Waals surface area contributed by atoms with Crippen molar-refractivity contribution >= 4 is 18.0 Å². The first-order chi connectivity index (χ1) is 16.6. The van der Waals surface area contributed by atoms with Crippen molar-refractivity contribution in [2.45, 2.75) is 64.0 Å². The van der Waals surface area contributed by atoms with Crippen molar-refractivity contribution in [1.29, 1.82) is 0 Å². The van der Waals surface area contributed by atoms with E-state index in [1.165, 1.54) is 27.2 Å². The van der Waals surface area contributed by atoms with Crippen LogP contribution in [0.2, 0.25) is 0 Å². The summed E-state index contributed by atoms with van der Waals surface area (Å²) in [5.41, 5.74) is 4.16. The van der Waals surface area contributed by atoms with Crippen molar-refractivity contribution in [2.75, 3.05) is 13.2 Å². The molecule has 2 aliphatic rings. The van der Waals surface area contributed by atoms with Crippen LogP contribution in [0.15, 0.2) is 48.5 Å². The molecule has 1 saturated carbocycles. The van der Waals surface area contributed by atoms with Crippen molar-refractivity contribution in [3.8, 4) is 11.1 Å². The lowest BCUT2D eigenvalue weighted by Gasteiger charge is -2.35. The minimum atomic E-state index is -1.02. The van der Waals surface area contributed by atoms with Crippen molar-refractivity contribution < 1.29 is 24.2 Å². The van der Waals surface area contributed by atoms with E-state index in [2.05, 4.69) is 29.6 Å². The molecular formula is C28H34N2O5.